The molecule has 3 aromatic rings. The number of hydrogen-bond acceptors (Lipinski definition) is 3. The zero-order valence-corrected chi connectivity index (χ0v) is 15.0. The number of benzene rings is 2. The van der Waals surface area contributed by atoms with Crippen molar-refractivity contribution in [3.05, 3.63) is 94.4 Å². The first-order valence-corrected chi connectivity index (χ1v) is 8.77. The van der Waals surface area contributed by atoms with Gasteiger partial charge in [0.1, 0.15) is 11.8 Å². The van der Waals surface area contributed by atoms with E-state index in [1.807, 2.05) is 67.6 Å². The number of rotatable bonds is 3. The monoisotopic (exact) mass is 364 g/mol. The Morgan fingerprint density at radius 2 is 1.88 bits per heavy atom. The van der Waals surface area contributed by atoms with E-state index in [-0.39, 0.29) is 11.9 Å². The molecule has 0 saturated carbocycles. The van der Waals surface area contributed by atoms with Crippen molar-refractivity contribution in [2.24, 2.45) is 5.10 Å². The molecule has 26 heavy (non-hydrogen) atoms. The Bertz CT molecular complexity index is 962. The molecule has 0 unspecified atom stereocenters. The summed E-state index contributed by atoms with van der Waals surface area (Å²) in [7, 11) is 0. The Morgan fingerprint density at radius 3 is 2.58 bits per heavy atom. The maximum atomic E-state index is 13.2. The SMILES string of the molecule is Cc1ccccc1C(=O)N1N=C(c2ccc(Cl)cc2)C[C@@H]1c1ccco1. The molecule has 0 aliphatic carbocycles. The highest BCUT2D eigenvalue weighted by Gasteiger charge is 2.35. The van der Waals surface area contributed by atoms with Gasteiger partial charge >= 0.3 is 0 Å². The molecular weight excluding hydrogens is 348 g/mol. The highest BCUT2D eigenvalue weighted by molar-refractivity contribution is 6.30. The molecule has 1 aliphatic heterocycles. The molecule has 0 radical (unpaired) electrons. The van der Waals surface area contributed by atoms with Gasteiger partial charge in [-0.3, -0.25) is 4.79 Å². The Labute approximate surface area is 156 Å². The maximum Gasteiger partial charge on any atom is 0.274 e. The first-order chi connectivity index (χ1) is 12.6. The molecule has 5 heteroatoms. The Kier molecular flexibility index (Phi) is 4.35. The van der Waals surface area contributed by atoms with Crippen LogP contribution in [0.2, 0.25) is 5.02 Å². The number of hydrazone groups is 1. The second kappa shape index (κ2) is 6.81. The average molecular weight is 365 g/mol. The second-order valence-corrected chi connectivity index (χ2v) is 6.69. The molecule has 2 aromatic carbocycles. The highest BCUT2D eigenvalue weighted by Crippen LogP contribution is 2.34. The van der Waals surface area contributed by atoms with Crippen LogP contribution in [0, 0.1) is 6.92 Å². The van der Waals surface area contributed by atoms with Crippen LogP contribution in [0.3, 0.4) is 0 Å². The molecule has 0 fully saturated rings. The van der Waals surface area contributed by atoms with E-state index < -0.39 is 0 Å². The molecule has 0 N–H and O–H groups in total. The van der Waals surface area contributed by atoms with Gasteiger partial charge in [-0.25, -0.2) is 5.01 Å². The molecule has 1 amide bonds. The number of nitrogens with zero attached hydrogens (tertiary/aromatic N) is 2. The van der Waals surface area contributed by atoms with Crippen LogP contribution in [0.15, 0.2) is 76.4 Å². The molecule has 1 atom stereocenters. The van der Waals surface area contributed by atoms with Crippen molar-refractivity contribution in [2.75, 3.05) is 0 Å². The fraction of sp³-hybridized carbons (Fsp3) is 0.143. The molecule has 1 aromatic heterocycles. The van der Waals surface area contributed by atoms with Gasteiger partial charge in [-0.1, -0.05) is 41.9 Å². The van der Waals surface area contributed by atoms with Crippen LogP contribution in [-0.4, -0.2) is 16.6 Å². The Morgan fingerprint density at radius 1 is 1.12 bits per heavy atom. The molecule has 130 valence electrons. The van der Waals surface area contributed by atoms with Crippen molar-refractivity contribution >= 4 is 23.2 Å². The lowest BCUT2D eigenvalue weighted by Crippen LogP contribution is -2.27. The maximum absolute atomic E-state index is 13.2. The third-order valence-electron chi connectivity index (χ3n) is 4.54. The van der Waals surface area contributed by atoms with E-state index >= 15 is 0 Å². The van der Waals surface area contributed by atoms with Crippen LogP contribution in [-0.2, 0) is 0 Å². The zero-order valence-electron chi connectivity index (χ0n) is 14.2. The fourth-order valence-electron chi connectivity index (χ4n) is 3.15. The lowest BCUT2D eigenvalue weighted by atomic mass is 10.0. The van der Waals surface area contributed by atoms with Crippen molar-refractivity contribution in [2.45, 2.75) is 19.4 Å². The van der Waals surface area contributed by atoms with Crippen molar-refractivity contribution in [1.29, 1.82) is 0 Å². The smallest absolute Gasteiger partial charge is 0.274 e. The Hall–Kier alpha value is -2.85. The Balaban J connectivity index is 1.73. The summed E-state index contributed by atoms with van der Waals surface area (Å²) in [5, 5.41) is 6.84. The minimum atomic E-state index is -0.261. The van der Waals surface area contributed by atoms with Crippen LogP contribution in [0.25, 0.3) is 0 Å². The molecule has 4 nitrogen and oxygen atoms in total. The van der Waals surface area contributed by atoms with Crippen molar-refractivity contribution in [1.82, 2.24) is 5.01 Å². The summed E-state index contributed by atoms with van der Waals surface area (Å²) < 4.78 is 5.58. The van der Waals surface area contributed by atoms with Crippen LogP contribution in [0.1, 0.15) is 39.7 Å². The summed E-state index contributed by atoms with van der Waals surface area (Å²) in [5.41, 5.74) is 3.35. The average Bonchev–Trinajstić information content (AvgIpc) is 3.32. The summed E-state index contributed by atoms with van der Waals surface area (Å²) in [6.07, 6.45) is 2.21. The van der Waals surface area contributed by atoms with Crippen LogP contribution in [0.4, 0.5) is 0 Å². The quantitative estimate of drug-likeness (QED) is 0.638. The topological polar surface area (TPSA) is 45.8 Å². The van der Waals surface area contributed by atoms with Crippen LogP contribution in [0.5, 0.6) is 0 Å². The first-order valence-electron chi connectivity index (χ1n) is 8.39. The third kappa shape index (κ3) is 3.04. The summed E-state index contributed by atoms with van der Waals surface area (Å²) in [6.45, 7) is 1.93. The van der Waals surface area contributed by atoms with Gasteiger partial charge in [-0.05, 0) is 48.4 Å². The number of carbonyl (C=O) groups is 1. The van der Waals surface area contributed by atoms with E-state index in [9.17, 15) is 4.79 Å². The minimum absolute atomic E-state index is 0.131. The molecule has 4 rings (SSSR count). The van der Waals surface area contributed by atoms with Gasteiger partial charge in [0.2, 0.25) is 0 Å². The normalized spacial score (nSPS) is 16.6. The van der Waals surface area contributed by atoms with Gasteiger partial charge in [-0.15, -0.1) is 0 Å². The molecule has 0 saturated heterocycles. The summed E-state index contributed by atoms with van der Waals surface area (Å²) >= 11 is 5.99. The standard InChI is InChI=1S/C21H17ClN2O2/c1-14-5-2-3-6-17(14)21(25)24-19(20-7-4-12-26-20)13-18(23-24)15-8-10-16(22)11-9-15/h2-12,19H,13H2,1H3/t19-/m1/s1. The highest BCUT2D eigenvalue weighted by atomic mass is 35.5. The van der Waals surface area contributed by atoms with E-state index in [1.165, 1.54) is 5.01 Å². The molecule has 2 heterocycles. The number of amides is 1. The van der Waals surface area contributed by atoms with Gasteiger partial charge in [0, 0.05) is 17.0 Å². The van der Waals surface area contributed by atoms with Crippen molar-refractivity contribution in [3.8, 4) is 0 Å². The van der Waals surface area contributed by atoms with Crippen LogP contribution >= 0.6 is 11.6 Å². The van der Waals surface area contributed by atoms with E-state index in [2.05, 4.69) is 5.10 Å². The number of hydrogen-bond donors (Lipinski definition) is 0. The number of halogens is 1. The van der Waals surface area contributed by atoms with E-state index in [0.717, 1.165) is 22.6 Å². The second-order valence-electron chi connectivity index (χ2n) is 6.25. The van der Waals surface area contributed by atoms with Crippen LogP contribution < -0.4 is 0 Å². The molecule has 0 spiro atoms. The molecule has 0 bridgehead atoms. The molecular formula is C21H17ClN2O2. The lowest BCUT2D eigenvalue weighted by Gasteiger charge is -2.20. The number of carbonyl (C=O) groups excluding carboxylic acids is 1. The predicted molar refractivity (Wildman–Crippen MR) is 101 cm³/mol. The van der Waals surface area contributed by atoms with Gasteiger partial charge < -0.3 is 4.42 Å². The van der Waals surface area contributed by atoms with Gasteiger partial charge in [-0.2, -0.15) is 5.10 Å². The summed E-state index contributed by atoms with van der Waals surface area (Å²) in [5.74, 6) is 0.591. The summed E-state index contributed by atoms with van der Waals surface area (Å²) in [4.78, 5) is 13.2. The first kappa shape index (κ1) is 16.6. The minimum Gasteiger partial charge on any atom is -0.467 e. The van der Waals surface area contributed by atoms with Gasteiger partial charge in [0.25, 0.3) is 5.91 Å². The summed E-state index contributed by atoms with van der Waals surface area (Å²) in [6, 6.07) is 18.5. The van der Waals surface area contributed by atoms with E-state index in [0.29, 0.717) is 17.0 Å². The zero-order chi connectivity index (χ0) is 18.1. The van der Waals surface area contributed by atoms with Crippen molar-refractivity contribution < 1.29 is 9.21 Å². The molecule has 1 aliphatic rings. The van der Waals surface area contributed by atoms with E-state index in [4.69, 9.17) is 16.0 Å². The number of furan rings is 1. The lowest BCUT2D eigenvalue weighted by molar-refractivity contribution is 0.0692. The number of aryl methyl sites for hydroxylation is 1. The largest absolute Gasteiger partial charge is 0.467 e. The van der Waals surface area contributed by atoms with E-state index in [1.54, 1.807) is 6.26 Å². The third-order valence-corrected chi connectivity index (χ3v) is 4.79. The van der Waals surface area contributed by atoms with Crippen molar-refractivity contribution in [3.63, 3.8) is 0 Å². The fourth-order valence-corrected chi connectivity index (χ4v) is 3.28. The van der Waals surface area contributed by atoms with Gasteiger partial charge in [0.05, 0.1) is 12.0 Å². The van der Waals surface area contributed by atoms with Gasteiger partial charge in [0.15, 0.2) is 0 Å². The predicted octanol–water partition coefficient (Wildman–Crippen LogP) is 5.23.